The molecule has 0 atom stereocenters. The summed E-state index contributed by atoms with van der Waals surface area (Å²) in [6.45, 7) is 2.17. The van der Waals surface area contributed by atoms with E-state index in [1.165, 1.54) is 26.4 Å². The molecule has 0 aromatic rings. The van der Waals surface area contributed by atoms with E-state index in [1.54, 1.807) is 0 Å². The number of rotatable bonds is 4. The molecule has 0 aliphatic carbocycles. The van der Waals surface area contributed by atoms with Crippen molar-refractivity contribution in [2.45, 2.75) is 46.5 Å². The molecule has 0 aromatic carbocycles. The third-order valence-electron chi connectivity index (χ3n) is 1.53. The zero-order chi connectivity index (χ0) is 9.23. The Balaban J connectivity index is 0. The van der Waals surface area contributed by atoms with Crippen LogP contribution in [0, 0.1) is 11.8 Å². The van der Waals surface area contributed by atoms with Crippen molar-refractivity contribution in [1.82, 2.24) is 0 Å². The zero-order valence-corrected chi connectivity index (χ0v) is 7.85. The van der Waals surface area contributed by atoms with Gasteiger partial charge in [0, 0.05) is 12.3 Å². The summed E-state index contributed by atoms with van der Waals surface area (Å²) in [5.74, 6) is 4.73. The largest absolute Gasteiger partial charge is 0.459 e. The monoisotopic (exact) mass is 184 g/mol. The molecule has 2 nitrogen and oxygen atoms in total. The molecule has 76 valence electrons. The van der Waals surface area contributed by atoms with Gasteiger partial charge in [0.1, 0.15) is 0 Å². The molecule has 13 heavy (non-hydrogen) atoms. The van der Waals surface area contributed by atoms with Gasteiger partial charge in [0.2, 0.25) is 0 Å². The minimum absolute atomic E-state index is 0. The molecule has 0 bridgehead atoms. The van der Waals surface area contributed by atoms with Gasteiger partial charge in [-0.05, 0) is 6.42 Å². The fourth-order valence-corrected chi connectivity index (χ4v) is 0.826. The molecular weight excluding hydrogens is 164 g/mol. The predicted octanol–water partition coefficient (Wildman–Crippen LogP) is 2.77. The van der Waals surface area contributed by atoms with Gasteiger partial charge in [0.15, 0.2) is 0 Å². The average molecular weight is 184 g/mol. The molecule has 0 spiro atoms. The minimum atomic E-state index is -0.439. The summed E-state index contributed by atoms with van der Waals surface area (Å²) in [4.78, 5) is 10.5. The second-order valence-electron chi connectivity index (χ2n) is 2.60. The van der Waals surface area contributed by atoms with Crippen LogP contribution in [0.25, 0.3) is 0 Å². The summed E-state index contributed by atoms with van der Waals surface area (Å²) in [7, 11) is 1.34. The molecule has 0 saturated carbocycles. The van der Waals surface area contributed by atoms with Gasteiger partial charge in [0.05, 0.1) is 7.11 Å². The number of carbonyl (C=O) groups is 1. The topological polar surface area (TPSA) is 26.3 Å². The summed E-state index contributed by atoms with van der Waals surface area (Å²) in [5.41, 5.74) is 0. The summed E-state index contributed by atoms with van der Waals surface area (Å²) >= 11 is 0. The van der Waals surface area contributed by atoms with E-state index in [1.807, 2.05) is 0 Å². The highest BCUT2D eigenvalue weighted by Crippen LogP contribution is 2.00. The molecule has 0 fully saturated rings. The van der Waals surface area contributed by atoms with Crippen molar-refractivity contribution in [3.8, 4) is 11.8 Å². The molecule has 0 N–H and O–H groups in total. The lowest BCUT2D eigenvalue weighted by Gasteiger charge is -1.91. The average Bonchev–Trinajstić information content (AvgIpc) is 2.10. The van der Waals surface area contributed by atoms with Crippen LogP contribution < -0.4 is 0 Å². The van der Waals surface area contributed by atoms with Crippen molar-refractivity contribution in [3.63, 3.8) is 0 Å². The first-order valence-corrected chi connectivity index (χ1v) is 4.38. The molecular formula is C11H20O2. The van der Waals surface area contributed by atoms with E-state index < -0.39 is 5.97 Å². The Morgan fingerprint density at radius 2 is 2.00 bits per heavy atom. The number of hydrogen-bond donors (Lipinski definition) is 0. The number of unbranched alkanes of at least 4 members (excludes halogenated alkanes) is 4. The maximum atomic E-state index is 10.5. The van der Waals surface area contributed by atoms with E-state index in [0.29, 0.717) is 0 Å². The fourth-order valence-electron chi connectivity index (χ4n) is 0.826. The molecule has 0 saturated heterocycles. The van der Waals surface area contributed by atoms with Crippen LogP contribution in [0.1, 0.15) is 46.5 Å². The van der Waals surface area contributed by atoms with Gasteiger partial charge in [0.25, 0.3) is 0 Å². The molecule has 0 aliphatic heterocycles. The predicted molar refractivity (Wildman–Crippen MR) is 55.3 cm³/mol. The molecule has 0 radical (unpaired) electrons. The fraction of sp³-hybridized carbons (Fsp3) is 0.727. The van der Waals surface area contributed by atoms with Gasteiger partial charge in [-0.2, -0.15) is 0 Å². The van der Waals surface area contributed by atoms with Gasteiger partial charge >= 0.3 is 5.97 Å². The quantitative estimate of drug-likeness (QED) is 0.290. The van der Waals surface area contributed by atoms with Crippen molar-refractivity contribution in [2.24, 2.45) is 0 Å². The van der Waals surface area contributed by atoms with E-state index in [4.69, 9.17) is 0 Å². The normalized spacial score (nSPS) is 7.85. The molecule has 0 aliphatic rings. The molecule has 0 rings (SSSR count). The highest BCUT2D eigenvalue weighted by Gasteiger charge is 1.88. The highest BCUT2D eigenvalue weighted by atomic mass is 16.5. The number of methoxy groups -OCH3 is 1. The first-order valence-electron chi connectivity index (χ1n) is 4.38. The van der Waals surface area contributed by atoms with E-state index in [0.717, 1.165) is 12.8 Å². The maximum absolute atomic E-state index is 10.5. The SMILES string of the molecule is C.CCCCCCC#CC(=O)OC. The first-order chi connectivity index (χ1) is 5.81. The van der Waals surface area contributed by atoms with Gasteiger partial charge in [-0.15, -0.1) is 0 Å². The Hall–Kier alpha value is -0.970. The van der Waals surface area contributed by atoms with Crippen molar-refractivity contribution in [1.29, 1.82) is 0 Å². The van der Waals surface area contributed by atoms with Crippen molar-refractivity contribution >= 4 is 5.97 Å². The second-order valence-corrected chi connectivity index (χ2v) is 2.60. The number of carbonyl (C=O) groups excluding carboxylic acids is 1. The Kier molecular flexibility index (Phi) is 12.3. The molecule has 2 heteroatoms. The smallest absolute Gasteiger partial charge is 0.384 e. The number of ether oxygens (including phenoxy) is 1. The van der Waals surface area contributed by atoms with Gasteiger partial charge in [-0.3, -0.25) is 0 Å². The summed E-state index contributed by atoms with van der Waals surface area (Å²) < 4.78 is 4.37. The van der Waals surface area contributed by atoms with Crippen LogP contribution >= 0.6 is 0 Å². The first kappa shape index (κ1) is 14.5. The Morgan fingerprint density at radius 3 is 2.54 bits per heavy atom. The van der Waals surface area contributed by atoms with Crippen LogP contribution in [0.3, 0.4) is 0 Å². The molecule has 0 unspecified atom stereocenters. The third-order valence-corrected chi connectivity index (χ3v) is 1.53. The lowest BCUT2D eigenvalue weighted by Crippen LogP contribution is -1.94. The third kappa shape index (κ3) is 11.0. The summed E-state index contributed by atoms with van der Waals surface area (Å²) in [6, 6.07) is 0. The van der Waals surface area contributed by atoms with Crippen LogP contribution in [-0.4, -0.2) is 13.1 Å². The van der Waals surface area contributed by atoms with Crippen LogP contribution in [-0.2, 0) is 9.53 Å². The number of hydrogen-bond acceptors (Lipinski definition) is 2. The Labute approximate surface area is 81.7 Å². The lowest BCUT2D eigenvalue weighted by molar-refractivity contribution is -0.133. The van der Waals surface area contributed by atoms with Crippen molar-refractivity contribution < 1.29 is 9.53 Å². The Morgan fingerprint density at radius 1 is 1.31 bits per heavy atom. The highest BCUT2D eigenvalue weighted by molar-refractivity contribution is 5.88. The number of esters is 1. The van der Waals surface area contributed by atoms with Crippen LogP contribution in [0.4, 0.5) is 0 Å². The van der Waals surface area contributed by atoms with Gasteiger partial charge in [-0.25, -0.2) is 4.79 Å². The van der Waals surface area contributed by atoms with Crippen molar-refractivity contribution in [2.75, 3.05) is 7.11 Å². The van der Waals surface area contributed by atoms with Crippen molar-refractivity contribution in [3.05, 3.63) is 0 Å². The van der Waals surface area contributed by atoms with E-state index >= 15 is 0 Å². The maximum Gasteiger partial charge on any atom is 0.384 e. The van der Waals surface area contributed by atoms with Crippen LogP contribution in [0.15, 0.2) is 0 Å². The van der Waals surface area contributed by atoms with Crippen LogP contribution in [0.5, 0.6) is 0 Å². The summed E-state index contributed by atoms with van der Waals surface area (Å²) in [6.07, 6.45) is 5.56. The van der Waals surface area contributed by atoms with Gasteiger partial charge < -0.3 is 4.74 Å². The van der Waals surface area contributed by atoms with Crippen LogP contribution in [0.2, 0.25) is 0 Å². The van der Waals surface area contributed by atoms with Gasteiger partial charge in [-0.1, -0.05) is 39.5 Å². The zero-order valence-electron chi connectivity index (χ0n) is 7.85. The summed E-state index contributed by atoms with van der Waals surface area (Å²) in [5, 5.41) is 0. The standard InChI is InChI=1S/C10H16O2.CH4/c1-3-4-5-6-7-8-9-10(11)12-2;/h3-7H2,1-2H3;1H4. The van der Waals surface area contributed by atoms with E-state index in [-0.39, 0.29) is 7.43 Å². The minimum Gasteiger partial charge on any atom is -0.459 e. The van der Waals surface area contributed by atoms with E-state index in [9.17, 15) is 4.79 Å². The lowest BCUT2D eigenvalue weighted by atomic mass is 10.2. The molecule has 0 amide bonds. The second kappa shape index (κ2) is 11.0. The van der Waals surface area contributed by atoms with E-state index in [2.05, 4.69) is 23.5 Å². The molecule has 0 aromatic heterocycles. The molecule has 0 heterocycles. The Bertz CT molecular complexity index is 174.